The van der Waals surface area contributed by atoms with E-state index in [4.69, 9.17) is 16.0 Å². The molecule has 1 unspecified atom stereocenters. The molecule has 0 aromatic carbocycles. The van der Waals surface area contributed by atoms with Gasteiger partial charge < -0.3 is 9.73 Å². The van der Waals surface area contributed by atoms with E-state index in [-0.39, 0.29) is 6.04 Å². The molecule has 1 aromatic rings. The second-order valence-corrected chi connectivity index (χ2v) is 2.97. The number of rotatable bonds is 3. The average molecular weight is 198 g/mol. The first-order chi connectivity index (χ1) is 6.29. The molecule has 2 nitrogen and oxygen atoms in total. The summed E-state index contributed by atoms with van der Waals surface area (Å²) in [7, 11) is 1.88. The molecule has 0 aliphatic rings. The van der Waals surface area contributed by atoms with Crippen molar-refractivity contribution in [2.75, 3.05) is 7.05 Å². The van der Waals surface area contributed by atoms with Gasteiger partial charge >= 0.3 is 0 Å². The summed E-state index contributed by atoms with van der Waals surface area (Å²) in [4.78, 5) is 0. The maximum Gasteiger partial charge on any atom is 0.197 e. The quantitative estimate of drug-likeness (QED) is 0.754. The van der Waals surface area contributed by atoms with Gasteiger partial charge in [0.2, 0.25) is 0 Å². The van der Waals surface area contributed by atoms with Gasteiger partial charge in [-0.05, 0) is 31.6 Å². The maximum absolute atomic E-state index is 5.84. The first-order valence-electron chi connectivity index (χ1n) is 4.09. The zero-order valence-corrected chi connectivity index (χ0v) is 8.48. The monoisotopic (exact) mass is 197 g/mol. The third kappa shape index (κ3) is 2.51. The molecule has 1 rings (SSSR count). The molecule has 3 heteroatoms. The Hall–Kier alpha value is -0.910. The van der Waals surface area contributed by atoms with Gasteiger partial charge in [0.05, 0.1) is 6.26 Å². The van der Waals surface area contributed by atoms with Crippen LogP contribution in [0.5, 0.6) is 0 Å². The Balaban J connectivity index is 2.76. The lowest BCUT2D eigenvalue weighted by molar-refractivity contribution is 0.549. The lowest BCUT2D eigenvalue weighted by Gasteiger charge is -2.10. The molecule has 0 radical (unpaired) electrons. The van der Waals surface area contributed by atoms with Gasteiger partial charge in [0.25, 0.3) is 0 Å². The summed E-state index contributed by atoms with van der Waals surface area (Å²) in [5.74, 6) is 5.85. The highest BCUT2D eigenvalue weighted by Crippen LogP contribution is 2.25. The van der Waals surface area contributed by atoms with Crippen LogP contribution >= 0.6 is 11.6 Å². The summed E-state index contributed by atoms with van der Waals surface area (Å²) in [6, 6.07) is 2.01. The summed E-state index contributed by atoms with van der Waals surface area (Å²) in [5.41, 5.74) is 0.965. The van der Waals surface area contributed by atoms with Crippen molar-refractivity contribution in [2.24, 2.45) is 0 Å². The van der Waals surface area contributed by atoms with Crippen molar-refractivity contribution in [1.29, 1.82) is 0 Å². The highest BCUT2D eigenvalue weighted by Gasteiger charge is 2.13. The van der Waals surface area contributed by atoms with E-state index in [1.165, 1.54) is 0 Å². The Kier molecular flexibility index (Phi) is 3.88. The second kappa shape index (κ2) is 4.96. The molecule has 0 bridgehead atoms. The van der Waals surface area contributed by atoms with Crippen molar-refractivity contribution in [3.63, 3.8) is 0 Å². The molecule has 0 saturated heterocycles. The van der Waals surface area contributed by atoms with Gasteiger partial charge in [-0.25, -0.2) is 0 Å². The molecule has 0 fully saturated rings. The van der Waals surface area contributed by atoms with Gasteiger partial charge in [-0.15, -0.1) is 11.8 Å². The number of nitrogens with one attached hydrogen (secondary N) is 1. The van der Waals surface area contributed by atoms with Crippen LogP contribution in [0, 0.1) is 11.8 Å². The topological polar surface area (TPSA) is 25.2 Å². The largest absolute Gasteiger partial charge is 0.453 e. The molecule has 1 heterocycles. The summed E-state index contributed by atoms with van der Waals surface area (Å²) in [5, 5.41) is 3.58. The average Bonchev–Trinajstić information content (AvgIpc) is 2.54. The first-order valence-corrected chi connectivity index (χ1v) is 4.47. The van der Waals surface area contributed by atoms with Crippen LogP contribution in [0.15, 0.2) is 16.7 Å². The standard InChI is InChI=1S/C10H12ClNO/c1-3-4-5-9(12-2)8-6-7-13-10(8)11/h6-7,9,12H,5H2,1-2H3. The molecule has 0 spiro atoms. The zero-order chi connectivity index (χ0) is 9.68. The van der Waals surface area contributed by atoms with E-state index >= 15 is 0 Å². The second-order valence-electron chi connectivity index (χ2n) is 2.62. The number of furan rings is 1. The van der Waals surface area contributed by atoms with E-state index in [0.29, 0.717) is 5.22 Å². The van der Waals surface area contributed by atoms with Gasteiger partial charge in [0.15, 0.2) is 5.22 Å². The van der Waals surface area contributed by atoms with Crippen LogP contribution in [-0.2, 0) is 0 Å². The van der Waals surface area contributed by atoms with E-state index in [9.17, 15) is 0 Å². The van der Waals surface area contributed by atoms with Crippen molar-refractivity contribution < 1.29 is 4.42 Å². The number of halogens is 1. The Labute approximate surface area is 83.3 Å². The van der Waals surface area contributed by atoms with E-state index < -0.39 is 0 Å². The molecular formula is C10H12ClNO. The van der Waals surface area contributed by atoms with Crippen molar-refractivity contribution in [1.82, 2.24) is 5.32 Å². The summed E-state index contributed by atoms with van der Waals surface area (Å²) >= 11 is 5.84. The SMILES string of the molecule is CC#CCC(NC)c1ccoc1Cl. The van der Waals surface area contributed by atoms with Crippen molar-refractivity contribution in [2.45, 2.75) is 19.4 Å². The normalized spacial score (nSPS) is 11.9. The zero-order valence-electron chi connectivity index (χ0n) is 7.73. The molecular weight excluding hydrogens is 186 g/mol. The molecule has 1 aromatic heterocycles. The van der Waals surface area contributed by atoms with Gasteiger partial charge in [-0.3, -0.25) is 0 Å². The molecule has 0 aliphatic carbocycles. The fraction of sp³-hybridized carbons (Fsp3) is 0.400. The summed E-state index contributed by atoms with van der Waals surface area (Å²) in [6.45, 7) is 1.82. The fourth-order valence-corrected chi connectivity index (χ4v) is 1.37. The van der Waals surface area contributed by atoms with E-state index in [2.05, 4.69) is 17.2 Å². The Bertz CT molecular complexity index is 321. The molecule has 70 valence electrons. The van der Waals surface area contributed by atoms with Crippen LogP contribution in [0.25, 0.3) is 0 Å². The lowest BCUT2D eigenvalue weighted by atomic mass is 10.1. The molecule has 1 atom stereocenters. The Morgan fingerprint density at radius 1 is 1.69 bits per heavy atom. The van der Waals surface area contributed by atoms with Crippen molar-refractivity contribution >= 4 is 11.6 Å². The minimum atomic E-state index is 0.152. The molecule has 13 heavy (non-hydrogen) atoms. The molecule has 0 aliphatic heterocycles. The smallest absolute Gasteiger partial charge is 0.197 e. The minimum Gasteiger partial charge on any atom is -0.453 e. The first kappa shape index (κ1) is 10.2. The predicted octanol–water partition coefficient (Wildman–Crippen LogP) is 2.61. The Morgan fingerprint density at radius 3 is 2.92 bits per heavy atom. The van der Waals surface area contributed by atoms with Crippen LogP contribution < -0.4 is 5.32 Å². The van der Waals surface area contributed by atoms with Crippen LogP contribution in [0.3, 0.4) is 0 Å². The third-order valence-corrected chi connectivity index (χ3v) is 2.16. The van der Waals surface area contributed by atoms with Crippen molar-refractivity contribution in [3.8, 4) is 11.8 Å². The van der Waals surface area contributed by atoms with Crippen LogP contribution in [0.4, 0.5) is 0 Å². The van der Waals surface area contributed by atoms with Crippen LogP contribution in [-0.4, -0.2) is 7.05 Å². The molecule has 1 N–H and O–H groups in total. The molecule has 0 amide bonds. The summed E-state index contributed by atoms with van der Waals surface area (Å²) < 4.78 is 5.00. The van der Waals surface area contributed by atoms with Gasteiger partial charge in [-0.2, -0.15) is 0 Å². The highest BCUT2D eigenvalue weighted by molar-refractivity contribution is 6.29. The van der Waals surface area contributed by atoms with Gasteiger partial charge in [0.1, 0.15) is 0 Å². The minimum absolute atomic E-state index is 0.152. The highest BCUT2D eigenvalue weighted by atomic mass is 35.5. The lowest BCUT2D eigenvalue weighted by Crippen LogP contribution is -2.15. The maximum atomic E-state index is 5.84. The van der Waals surface area contributed by atoms with Crippen LogP contribution in [0.2, 0.25) is 5.22 Å². The van der Waals surface area contributed by atoms with E-state index in [0.717, 1.165) is 12.0 Å². The van der Waals surface area contributed by atoms with Gasteiger partial charge in [0, 0.05) is 18.0 Å². The third-order valence-electron chi connectivity index (χ3n) is 1.85. The van der Waals surface area contributed by atoms with E-state index in [1.54, 1.807) is 6.26 Å². The number of hydrogen-bond donors (Lipinski definition) is 1. The van der Waals surface area contributed by atoms with Crippen LogP contribution in [0.1, 0.15) is 24.9 Å². The Morgan fingerprint density at radius 2 is 2.46 bits per heavy atom. The van der Waals surface area contributed by atoms with Gasteiger partial charge in [-0.1, -0.05) is 0 Å². The summed E-state index contributed by atoms with van der Waals surface area (Å²) in [6.07, 6.45) is 2.33. The van der Waals surface area contributed by atoms with Crippen molar-refractivity contribution in [3.05, 3.63) is 23.1 Å². The van der Waals surface area contributed by atoms with E-state index in [1.807, 2.05) is 20.0 Å². The predicted molar refractivity (Wildman–Crippen MR) is 53.6 cm³/mol. The fourth-order valence-electron chi connectivity index (χ4n) is 1.13. The number of hydrogen-bond acceptors (Lipinski definition) is 2. The molecule has 0 saturated carbocycles.